The Morgan fingerprint density at radius 3 is 2.45 bits per heavy atom. The number of carbonyl (C=O) groups excluding carboxylic acids is 1. The highest BCUT2D eigenvalue weighted by Gasteiger charge is 2.43. The third-order valence-corrected chi connectivity index (χ3v) is 5.16. The molecule has 0 saturated carbocycles. The molecule has 29 heavy (non-hydrogen) atoms. The highest BCUT2D eigenvalue weighted by molar-refractivity contribution is 5.81. The van der Waals surface area contributed by atoms with Gasteiger partial charge in [0.2, 0.25) is 11.8 Å². The van der Waals surface area contributed by atoms with Crippen LogP contribution < -0.4 is 5.73 Å². The average molecular weight is 423 g/mol. The van der Waals surface area contributed by atoms with Gasteiger partial charge in [-0.05, 0) is 31.8 Å². The minimum Gasteiger partial charge on any atom is -0.368 e. The van der Waals surface area contributed by atoms with E-state index >= 15 is 0 Å². The van der Waals surface area contributed by atoms with Crippen molar-refractivity contribution in [2.24, 2.45) is 5.92 Å². The molecule has 2 N–H and O–H groups in total. The summed E-state index contributed by atoms with van der Waals surface area (Å²) >= 11 is 0. The summed E-state index contributed by atoms with van der Waals surface area (Å²) < 4.78 is 83.2. The first-order chi connectivity index (χ1) is 13.4. The van der Waals surface area contributed by atoms with Crippen LogP contribution in [0.5, 0.6) is 0 Å². The zero-order valence-electron chi connectivity index (χ0n) is 15.2. The Balaban J connectivity index is 1.75. The lowest BCUT2D eigenvalue weighted by atomic mass is 9.88. The van der Waals surface area contributed by atoms with E-state index in [-0.39, 0.29) is 31.0 Å². The lowest BCUT2D eigenvalue weighted by molar-refractivity contribution is -0.135. The number of alkyl halides is 6. The Labute approximate surface area is 162 Å². The number of amides is 1. The van der Waals surface area contributed by atoms with Crippen LogP contribution in [0.2, 0.25) is 0 Å². The molecule has 1 aliphatic carbocycles. The summed E-state index contributed by atoms with van der Waals surface area (Å²) in [5, 5.41) is 3.84. The maximum atomic E-state index is 13.1. The van der Waals surface area contributed by atoms with Crippen molar-refractivity contribution in [1.82, 2.24) is 10.1 Å². The van der Waals surface area contributed by atoms with Crippen molar-refractivity contribution in [3.05, 3.63) is 35.1 Å². The fourth-order valence-corrected chi connectivity index (χ4v) is 3.68. The van der Waals surface area contributed by atoms with Gasteiger partial charge in [0.05, 0.1) is 17.2 Å². The summed E-state index contributed by atoms with van der Waals surface area (Å²) in [5.41, 5.74) is 3.33. The number of likely N-dealkylation sites (tertiary alicyclic amines) is 1. The molecule has 1 aromatic heterocycles. The minimum absolute atomic E-state index is 0.0490. The molecule has 1 aromatic rings. The third kappa shape index (κ3) is 4.94. The van der Waals surface area contributed by atoms with E-state index in [0.29, 0.717) is 31.0 Å². The van der Waals surface area contributed by atoms with Crippen LogP contribution in [0.15, 0.2) is 33.9 Å². The topological polar surface area (TPSA) is 72.4 Å². The van der Waals surface area contributed by atoms with Crippen molar-refractivity contribution in [3.8, 4) is 0 Å². The van der Waals surface area contributed by atoms with Crippen LogP contribution >= 0.6 is 0 Å². The molecule has 2 atom stereocenters. The summed E-state index contributed by atoms with van der Waals surface area (Å²) in [6.07, 6.45) is -8.38. The summed E-state index contributed by atoms with van der Waals surface area (Å²) in [6, 6.07) is 1.57. The first kappa shape index (κ1) is 21.3. The molecule has 160 valence electrons. The van der Waals surface area contributed by atoms with Gasteiger partial charge in [0.25, 0.3) is 0 Å². The van der Waals surface area contributed by atoms with Crippen LogP contribution in [0.3, 0.4) is 0 Å². The van der Waals surface area contributed by atoms with Crippen molar-refractivity contribution < 1.29 is 35.7 Å². The van der Waals surface area contributed by atoms with Gasteiger partial charge in [0, 0.05) is 30.6 Å². The summed E-state index contributed by atoms with van der Waals surface area (Å²) in [4.78, 5) is 14.1. The number of nitrogen functional groups attached to an aromatic ring is 1. The Bertz CT molecular complexity index is 824. The quantitative estimate of drug-likeness (QED) is 0.718. The molecule has 0 spiro atoms. The second kappa shape index (κ2) is 7.75. The molecule has 1 saturated heterocycles. The largest absolute Gasteiger partial charge is 0.416 e. The van der Waals surface area contributed by atoms with Gasteiger partial charge in [-0.1, -0.05) is 11.2 Å². The van der Waals surface area contributed by atoms with E-state index in [9.17, 15) is 31.1 Å². The maximum Gasteiger partial charge on any atom is 0.416 e. The van der Waals surface area contributed by atoms with Crippen LogP contribution in [0.25, 0.3) is 0 Å². The molecule has 0 bridgehead atoms. The SMILES string of the molecule is Nc1cc(C2CCCN(C(=O)C3C=C(C(F)(F)F)C=C(C(F)(F)F)C3)CC2)no1. The number of halogens is 6. The monoisotopic (exact) mass is 423 g/mol. The van der Waals surface area contributed by atoms with E-state index in [1.165, 1.54) is 4.90 Å². The number of nitrogens with two attached hydrogens (primary N) is 1. The van der Waals surface area contributed by atoms with Gasteiger partial charge in [0.15, 0.2) is 0 Å². The Morgan fingerprint density at radius 1 is 1.14 bits per heavy atom. The van der Waals surface area contributed by atoms with Crippen molar-refractivity contribution >= 4 is 11.8 Å². The average Bonchev–Trinajstić information content (AvgIpc) is 2.91. The van der Waals surface area contributed by atoms with Crippen molar-refractivity contribution in [2.75, 3.05) is 18.8 Å². The van der Waals surface area contributed by atoms with Gasteiger partial charge in [-0.15, -0.1) is 0 Å². The Morgan fingerprint density at radius 2 is 1.86 bits per heavy atom. The number of aromatic nitrogens is 1. The normalized spacial score (nSPS) is 24.0. The molecule has 5 nitrogen and oxygen atoms in total. The lowest BCUT2D eigenvalue weighted by Crippen LogP contribution is -2.38. The minimum atomic E-state index is -4.97. The predicted molar refractivity (Wildman–Crippen MR) is 90.5 cm³/mol. The second-order valence-corrected chi connectivity index (χ2v) is 7.20. The third-order valence-electron chi connectivity index (χ3n) is 5.16. The number of hydrogen-bond donors (Lipinski definition) is 1. The molecule has 2 heterocycles. The first-order valence-electron chi connectivity index (χ1n) is 9.03. The van der Waals surface area contributed by atoms with Crippen molar-refractivity contribution in [2.45, 2.75) is 44.0 Å². The number of carbonyl (C=O) groups is 1. The van der Waals surface area contributed by atoms with E-state index in [1.807, 2.05) is 0 Å². The van der Waals surface area contributed by atoms with E-state index in [1.54, 1.807) is 6.07 Å². The predicted octanol–water partition coefficient (Wildman–Crippen LogP) is 4.35. The van der Waals surface area contributed by atoms with Gasteiger partial charge in [-0.25, -0.2) is 0 Å². The zero-order valence-corrected chi connectivity index (χ0v) is 15.2. The molecule has 2 unspecified atom stereocenters. The molecule has 2 aliphatic rings. The first-order valence-corrected chi connectivity index (χ1v) is 9.03. The highest BCUT2D eigenvalue weighted by Crippen LogP contribution is 2.40. The van der Waals surface area contributed by atoms with E-state index in [0.717, 1.165) is 0 Å². The number of rotatable bonds is 2. The molecule has 3 rings (SSSR count). The summed E-state index contributed by atoms with van der Waals surface area (Å²) in [6.45, 7) is 0.451. The summed E-state index contributed by atoms with van der Waals surface area (Å²) in [7, 11) is 0. The number of hydrogen-bond acceptors (Lipinski definition) is 4. The van der Waals surface area contributed by atoms with E-state index < -0.39 is 41.7 Å². The fraction of sp³-hybridized carbons (Fsp3) is 0.556. The smallest absolute Gasteiger partial charge is 0.368 e. The second-order valence-electron chi connectivity index (χ2n) is 7.20. The molecule has 1 aliphatic heterocycles. The van der Waals surface area contributed by atoms with Gasteiger partial charge < -0.3 is 15.2 Å². The molecule has 0 aromatic carbocycles. The molecular weight excluding hydrogens is 404 g/mol. The van der Waals surface area contributed by atoms with Gasteiger partial charge in [-0.3, -0.25) is 4.79 Å². The van der Waals surface area contributed by atoms with Crippen LogP contribution in [0.4, 0.5) is 32.2 Å². The van der Waals surface area contributed by atoms with Crippen LogP contribution in [-0.4, -0.2) is 41.4 Å². The van der Waals surface area contributed by atoms with Crippen LogP contribution in [0.1, 0.15) is 37.3 Å². The van der Waals surface area contributed by atoms with Gasteiger partial charge in [0.1, 0.15) is 0 Å². The molecule has 11 heteroatoms. The Kier molecular flexibility index (Phi) is 5.68. The van der Waals surface area contributed by atoms with Crippen LogP contribution in [-0.2, 0) is 4.79 Å². The molecule has 1 amide bonds. The molecule has 0 radical (unpaired) electrons. The van der Waals surface area contributed by atoms with Gasteiger partial charge >= 0.3 is 12.4 Å². The maximum absolute atomic E-state index is 13.1. The van der Waals surface area contributed by atoms with E-state index in [4.69, 9.17) is 10.3 Å². The zero-order chi connectivity index (χ0) is 21.4. The highest BCUT2D eigenvalue weighted by atomic mass is 19.4. The van der Waals surface area contributed by atoms with Gasteiger partial charge in [-0.2, -0.15) is 26.3 Å². The van der Waals surface area contributed by atoms with Crippen LogP contribution in [0, 0.1) is 5.92 Å². The lowest BCUT2D eigenvalue weighted by Gasteiger charge is -2.29. The van der Waals surface area contributed by atoms with Crippen molar-refractivity contribution in [3.63, 3.8) is 0 Å². The standard InChI is InChI=1S/C18H19F6N3O2/c19-17(20,21)12-6-11(7-13(8-12)18(22,23)24)16(28)27-4-1-2-10(3-5-27)14-9-15(25)29-26-14/h6,8-11H,1-5,7,25H2. The fourth-order valence-electron chi connectivity index (χ4n) is 3.68. The molecular formula is C18H19F6N3O2. The number of nitrogens with zero attached hydrogens (tertiary/aromatic N) is 2. The number of allylic oxidation sites excluding steroid dienone is 3. The summed E-state index contributed by atoms with van der Waals surface area (Å²) in [5.74, 6) is -2.14. The molecule has 1 fully saturated rings. The Hall–Kier alpha value is -2.46. The van der Waals surface area contributed by atoms with E-state index in [2.05, 4.69) is 5.16 Å². The van der Waals surface area contributed by atoms with Crippen molar-refractivity contribution in [1.29, 1.82) is 0 Å². The number of anilines is 1.